The summed E-state index contributed by atoms with van der Waals surface area (Å²) in [6, 6.07) is -0.125. The molecule has 0 bridgehead atoms. The predicted molar refractivity (Wildman–Crippen MR) is 67.5 cm³/mol. The first-order chi connectivity index (χ1) is 7.97. The minimum atomic E-state index is -0.280. The smallest absolute Gasteiger partial charge is 0.243 e. The molecule has 0 spiro atoms. The van der Waals surface area contributed by atoms with Crippen molar-refractivity contribution in [1.29, 1.82) is 0 Å². The third kappa shape index (κ3) is 3.45. The van der Waals surface area contributed by atoms with Crippen LogP contribution in [0.4, 0.5) is 0 Å². The van der Waals surface area contributed by atoms with Crippen LogP contribution in [-0.2, 0) is 9.59 Å². The van der Waals surface area contributed by atoms with Crippen molar-refractivity contribution in [1.82, 2.24) is 10.2 Å². The molecule has 17 heavy (non-hydrogen) atoms. The molecular formula is C13H24N2O2. The minimum absolute atomic E-state index is 0.00116. The molecule has 1 rings (SSSR count). The highest BCUT2D eigenvalue weighted by Crippen LogP contribution is 2.20. The number of nitrogens with one attached hydrogen (secondary N) is 1. The first-order valence-corrected chi connectivity index (χ1v) is 6.56. The molecule has 1 fully saturated rings. The average molecular weight is 240 g/mol. The standard InChI is InChI=1S/C13H24N2O2/c1-5-6-10(4)15-11(7-9(2)3)13(17)14-8-12(15)16/h9-11H,5-8H2,1-4H3,(H,14,17). The fraction of sp³-hybridized carbons (Fsp3) is 0.846. The van der Waals surface area contributed by atoms with Crippen molar-refractivity contribution < 1.29 is 9.59 Å². The summed E-state index contributed by atoms with van der Waals surface area (Å²) in [5.41, 5.74) is 0. The highest BCUT2D eigenvalue weighted by Gasteiger charge is 2.36. The Morgan fingerprint density at radius 2 is 2.00 bits per heavy atom. The molecule has 2 unspecified atom stereocenters. The number of rotatable bonds is 5. The van der Waals surface area contributed by atoms with E-state index in [9.17, 15) is 9.59 Å². The number of hydrogen-bond acceptors (Lipinski definition) is 2. The average Bonchev–Trinajstić information content (AvgIpc) is 2.23. The lowest BCUT2D eigenvalue weighted by Gasteiger charge is -2.39. The summed E-state index contributed by atoms with van der Waals surface area (Å²) in [6.07, 6.45) is 2.72. The molecule has 1 aliphatic rings. The third-order valence-corrected chi connectivity index (χ3v) is 3.22. The zero-order valence-corrected chi connectivity index (χ0v) is 11.3. The Kier molecular flexibility index (Phi) is 4.97. The fourth-order valence-corrected chi connectivity index (χ4v) is 2.45. The molecule has 2 atom stereocenters. The number of hydrogen-bond donors (Lipinski definition) is 1. The maximum atomic E-state index is 12.0. The van der Waals surface area contributed by atoms with Gasteiger partial charge in [-0.15, -0.1) is 0 Å². The van der Waals surface area contributed by atoms with E-state index in [0.29, 0.717) is 5.92 Å². The molecule has 0 aromatic carbocycles. The Labute approximate surface area is 104 Å². The van der Waals surface area contributed by atoms with Crippen LogP contribution < -0.4 is 5.32 Å². The lowest BCUT2D eigenvalue weighted by molar-refractivity contribution is -0.148. The maximum Gasteiger partial charge on any atom is 0.243 e. The van der Waals surface area contributed by atoms with Gasteiger partial charge in [0.2, 0.25) is 11.8 Å². The van der Waals surface area contributed by atoms with Crippen molar-refractivity contribution >= 4 is 11.8 Å². The van der Waals surface area contributed by atoms with Crippen molar-refractivity contribution in [3.05, 3.63) is 0 Å². The van der Waals surface area contributed by atoms with Gasteiger partial charge >= 0.3 is 0 Å². The Balaban J connectivity index is 2.83. The zero-order chi connectivity index (χ0) is 13.0. The van der Waals surface area contributed by atoms with Gasteiger partial charge in [-0.3, -0.25) is 9.59 Å². The van der Waals surface area contributed by atoms with Crippen LogP contribution in [0.2, 0.25) is 0 Å². The normalized spacial score (nSPS) is 22.9. The molecule has 4 heteroatoms. The van der Waals surface area contributed by atoms with E-state index in [0.717, 1.165) is 19.3 Å². The molecule has 4 nitrogen and oxygen atoms in total. The first-order valence-electron chi connectivity index (χ1n) is 6.56. The van der Waals surface area contributed by atoms with E-state index < -0.39 is 0 Å². The van der Waals surface area contributed by atoms with Gasteiger partial charge in [-0.25, -0.2) is 0 Å². The Morgan fingerprint density at radius 3 is 2.53 bits per heavy atom. The highest BCUT2D eigenvalue weighted by molar-refractivity contribution is 5.94. The van der Waals surface area contributed by atoms with Crippen LogP contribution in [0.3, 0.4) is 0 Å². The van der Waals surface area contributed by atoms with E-state index in [1.807, 2.05) is 6.92 Å². The van der Waals surface area contributed by atoms with Crippen molar-refractivity contribution in [2.24, 2.45) is 5.92 Å². The second-order valence-electron chi connectivity index (χ2n) is 5.30. The van der Waals surface area contributed by atoms with Crippen LogP contribution in [-0.4, -0.2) is 35.3 Å². The molecule has 0 saturated carbocycles. The molecule has 1 heterocycles. The zero-order valence-electron chi connectivity index (χ0n) is 11.3. The van der Waals surface area contributed by atoms with Crippen LogP contribution in [0.15, 0.2) is 0 Å². The number of piperazine rings is 1. The first kappa shape index (κ1) is 14.0. The molecule has 2 amide bonds. The van der Waals surface area contributed by atoms with Crippen LogP contribution >= 0.6 is 0 Å². The van der Waals surface area contributed by atoms with E-state index in [2.05, 4.69) is 26.1 Å². The van der Waals surface area contributed by atoms with Crippen LogP contribution in [0.1, 0.15) is 47.0 Å². The van der Waals surface area contributed by atoms with Crippen molar-refractivity contribution in [2.45, 2.75) is 59.0 Å². The van der Waals surface area contributed by atoms with Crippen molar-refractivity contribution in [3.63, 3.8) is 0 Å². The number of carbonyl (C=O) groups is 2. The van der Waals surface area contributed by atoms with E-state index in [1.165, 1.54) is 0 Å². The lowest BCUT2D eigenvalue weighted by Crippen LogP contribution is -2.61. The Morgan fingerprint density at radius 1 is 1.35 bits per heavy atom. The summed E-state index contributed by atoms with van der Waals surface area (Å²) in [5, 5.41) is 2.68. The molecule has 1 aliphatic heterocycles. The van der Waals surface area contributed by atoms with Gasteiger partial charge in [-0.05, 0) is 25.7 Å². The van der Waals surface area contributed by atoms with Crippen LogP contribution in [0, 0.1) is 5.92 Å². The predicted octanol–water partition coefficient (Wildman–Crippen LogP) is 1.55. The second kappa shape index (κ2) is 6.03. The number of carbonyl (C=O) groups excluding carboxylic acids is 2. The van der Waals surface area contributed by atoms with Gasteiger partial charge in [0, 0.05) is 6.04 Å². The summed E-state index contributed by atoms with van der Waals surface area (Å²) in [4.78, 5) is 25.6. The van der Waals surface area contributed by atoms with Gasteiger partial charge in [0.05, 0.1) is 6.54 Å². The lowest BCUT2D eigenvalue weighted by atomic mass is 9.97. The van der Waals surface area contributed by atoms with Crippen molar-refractivity contribution in [2.75, 3.05) is 6.54 Å². The molecule has 0 aromatic rings. The second-order valence-corrected chi connectivity index (χ2v) is 5.30. The minimum Gasteiger partial charge on any atom is -0.345 e. The quantitative estimate of drug-likeness (QED) is 0.792. The summed E-state index contributed by atoms with van der Waals surface area (Å²) in [7, 11) is 0. The summed E-state index contributed by atoms with van der Waals surface area (Å²) in [5.74, 6) is 0.463. The molecular weight excluding hydrogens is 216 g/mol. The maximum absolute atomic E-state index is 12.0. The van der Waals surface area contributed by atoms with Crippen LogP contribution in [0.5, 0.6) is 0 Å². The van der Waals surface area contributed by atoms with E-state index >= 15 is 0 Å². The fourth-order valence-electron chi connectivity index (χ4n) is 2.45. The summed E-state index contributed by atoms with van der Waals surface area (Å²) in [6.45, 7) is 8.45. The van der Waals surface area contributed by atoms with Gasteiger partial charge in [-0.2, -0.15) is 0 Å². The van der Waals surface area contributed by atoms with E-state index in [1.54, 1.807) is 4.90 Å². The summed E-state index contributed by atoms with van der Waals surface area (Å²) < 4.78 is 0. The van der Waals surface area contributed by atoms with Gasteiger partial charge in [0.15, 0.2) is 0 Å². The largest absolute Gasteiger partial charge is 0.345 e. The van der Waals surface area contributed by atoms with E-state index in [-0.39, 0.29) is 30.4 Å². The molecule has 0 aromatic heterocycles. The number of amides is 2. The monoisotopic (exact) mass is 240 g/mol. The molecule has 1 N–H and O–H groups in total. The van der Waals surface area contributed by atoms with Gasteiger partial charge in [0.25, 0.3) is 0 Å². The van der Waals surface area contributed by atoms with E-state index in [4.69, 9.17) is 0 Å². The van der Waals surface area contributed by atoms with Gasteiger partial charge < -0.3 is 10.2 Å². The molecule has 98 valence electrons. The Hall–Kier alpha value is -1.06. The third-order valence-electron chi connectivity index (χ3n) is 3.22. The topological polar surface area (TPSA) is 49.4 Å². The molecule has 0 radical (unpaired) electrons. The number of nitrogens with zero attached hydrogens (tertiary/aromatic N) is 1. The van der Waals surface area contributed by atoms with Gasteiger partial charge in [0.1, 0.15) is 6.04 Å². The van der Waals surface area contributed by atoms with Crippen LogP contribution in [0.25, 0.3) is 0 Å². The SMILES string of the molecule is CCCC(C)N1C(=O)CNC(=O)C1CC(C)C. The molecule has 1 saturated heterocycles. The highest BCUT2D eigenvalue weighted by atomic mass is 16.2. The molecule has 0 aliphatic carbocycles. The van der Waals surface area contributed by atoms with Gasteiger partial charge in [-0.1, -0.05) is 27.2 Å². The van der Waals surface area contributed by atoms with Crippen molar-refractivity contribution in [3.8, 4) is 0 Å². The summed E-state index contributed by atoms with van der Waals surface area (Å²) >= 11 is 0. The Bertz CT molecular complexity index is 289.